The second-order valence-corrected chi connectivity index (χ2v) is 7.38. The highest BCUT2D eigenvalue weighted by Crippen LogP contribution is 2.36. The molecule has 0 rings (SSSR count). The van der Waals surface area contributed by atoms with E-state index in [9.17, 15) is 4.79 Å². The molecule has 118 valence electrons. The monoisotopic (exact) mass is 324 g/mol. The van der Waals surface area contributed by atoms with Crippen LogP contribution in [0.2, 0.25) is 0 Å². The van der Waals surface area contributed by atoms with Crippen LogP contribution in [0.3, 0.4) is 0 Å². The van der Waals surface area contributed by atoms with Crippen molar-refractivity contribution < 1.29 is 23.8 Å². The second-order valence-electron chi connectivity index (χ2n) is 4.71. The fraction of sp³-hybridized carbons (Fsp3) is 0.769. The van der Waals surface area contributed by atoms with Crippen molar-refractivity contribution in [1.29, 1.82) is 0 Å². The minimum atomic E-state index is -3.47. The normalized spacial score (nSPS) is 11.3. The summed E-state index contributed by atoms with van der Waals surface area (Å²) in [7, 11) is 0. The molecular formula is C13H25O5PS. The molecule has 0 bridgehead atoms. The van der Waals surface area contributed by atoms with Gasteiger partial charge >= 0.3 is 12.7 Å². The van der Waals surface area contributed by atoms with Gasteiger partial charge in [-0.1, -0.05) is 38.7 Å². The zero-order valence-electron chi connectivity index (χ0n) is 12.0. The Bertz CT molecular complexity index is 340. The van der Waals surface area contributed by atoms with Gasteiger partial charge in [0, 0.05) is 5.57 Å². The number of rotatable bonds is 12. The van der Waals surface area contributed by atoms with Gasteiger partial charge in [-0.15, -0.1) is 0 Å². The van der Waals surface area contributed by atoms with Gasteiger partial charge in [0.05, 0.1) is 13.2 Å². The summed E-state index contributed by atoms with van der Waals surface area (Å²) in [5, 5.41) is 0. The summed E-state index contributed by atoms with van der Waals surface area (Å²) in [6, 6.07) is 0. The number of unbranched alkanes of at least 4 members (excludes halogenated alkanes) is 6. The van der Waals surface area contributed by atoms with Crippen LogP contribution < -0.4 is 0 Å². The third-order valence-electron chi connectivity index (χ3n) is 2.63. The van der Waals surface area contributed by atoms with Gasteiger partial charge in [0.1, 0.15) is 0 Å². The number of carbonyl (C=O) groups is 1. The predicted octanol–water partition coefficient (Wildman–Crippen LogP) is 3.06. The summed E-state index contributed by atoms with van der Waals surface area (Å²) in [6.45, 7) is 2.44. The molecule has 0 atom stereocenters. The van der Waals surface area contributed by atoms with Gasteiger partial charge in [0.25, 0.3) is 0 Å². The first kappa shape index (κ1) is 19.7. The van der Waals surface area contributed by atoms with Crippen LogP contribution in [0, 0.1) is 0 Å². The highest BCUT2D eigenvalue weighted by Gasteiger charge is 2.06. The van der Waals surface area contributed by atoms with Crippen molar-refractivity contribution in [2.24, 2.45) is 0 Å². The van der Waals surface area contributed by atoms with E-state index in [-0.39, 0.29) is 5.97 Å². The van der Waals surface area contributed by atoms with Gasteiger partial charge in [0.2, 0.25) is 0 Å². The quantitative estimate of drug-likeness (QED) is 0.249. The van der Waals surface area contributed by atoms with Crippen LogP contribution in [-0.2, 0) is 25.9 Å². The van der Waals surface area contributed by atoms with Gasteiger partial charge < -0.3 is 19.0 Å². The lowest BCUT2D eigenvalue weighted by molar-refractivity contribution is -0.139. The number of esters is 1. The number of hydrogen-bond donors (Lipinski definition) is 2. The average Bonchev–Trinajstić information content (AvgIpc) is 2.34. The molecule has 0 unspecified atom stereocenters. The van der Waals surface area contributed by atoms with E-state index in [0.29, 0.717) is 18.8 Å². The minimum Gasteiger partial charge on any atom is -0.462 e. The number of ether oxygens (including phenoxy) is 1. The summed E-state index contributed by atoms with van der Waals surface area (Å²) in [5.41, 5.74) is 0.434. The molecule has 2 N–H and O–H groups in total. The fourth-order valence-corrected chi connectivity index (χ4v) is 2.15. The van der Waals surface area contributed by atoms with Crippen LogP contribution in [0.15, 0.2) is 12.2 Å². The maximum atomic E-state index is 11.1. The van der Waals surface area contributed by atoms with Crippen LogP contribution in [0.25, 0.3) is 0 Å². The molecule has 0 radical (unpaired) electrons. The van der Waals surface area contributed by atoms with Gasteiger partial charge in [-0.2, -0.15) is 0 Å². The molecule has 0 aliphatic heterocycles. The van der Waals surface area contributed by atoms with Gasteiger partial charge in [-0.25, -0.2) is 4.79 Å². The van der Waals surface area contributed by atoms with Gasteiger partial charge in [0.15, 0.2) is 0 Å². The molecule has 0 spiro atoms. The Labute approximate surface area is 126 Å². The van der Waals surface area contributed by atoms with E-state index < -0.39 is 6.72 Å². The van der Waals surface area contributed by atoms with E-state index >= 15 is 0 Å². The van der Waals surface area contributed by atoms with E-state index in [0.717, 1.165) is 44.9 Å². The lowest BCUT2D eigenvalue weighted by atomic mass is 10.1. The summed E-state index contributed by atoms with van der Waals surface area (Å²) in [5.74, 6) is -0.321. The summed E-state index contributed by atoms with van der Waals surface area (Å²) in [6.07, 6.45) is 6.98. The first-order valence-corrected chi connectivity index (χ1v) is 9.48. The zero-order chi connectivity index (χ0) is 15.4. The Kier molecular flexibility index (Phi) is 11.3. The molecule has 0 aromatic heterocycles. The van der Waals surface area contributed by atoms with Crippen molar-refractivity contribution in [3.8, 4) is 0 Å². The molecule has 0 amide bonds. The average molecular weight is 324 g/mol. The third-order valence-corrected chi connectivity index (χ3v) is 3.46. The number of hydrogen-bond acceptors (Lipinski definition) is 4. The van der Waals surface area contributed by atoms with Crippen molar-refractivity contribution >= 4 is 24.5 Å². The first-order chi connectivity index (χ1) is 9.33. The number of carbonyl (C=O) groups excluding carboxylic acids is 1. The van der Waals surface area contributed by atoms with Gasteiger partial charge in [-0.05, 0) is 31.6 Å². The van der Waals surface area contributed by atoms with Crippen molar-refractivity contribution in [1.82, 2.24) is 0 Å². The lowest BCUT2D eigenvalue weighted by Gasteiger charge is -2.07. The minimum absolute atomic E-state index is 0.307. The molecule has 0 saturated heterocycles. The Hall–Kier alpha value is -0.260. The lowest BCUT2D eigenvalue weighted by Crippen LogP contribution is -2.05. The Morgan fingerprint density at radius 3 is 1.95 bits per heavy atom. The van der Waals surface area contributed by atoms with Crippen LogP contribution in [-0.4, -0.2) is 29.0 Å². The van der Waals surface area contributed by atoms with Crippen LogP contribution >= 0.6 is 6.72 Å². The van der Waals surface area contributed by atoms with Crippen molar-refractivity contribution in [2.75, 3.05) is 13.2 Å². The Balaban J connectivity index is 3.20. The van der Waals surface area contributed by atoms with E-state index in [1.165, 1.54) is 0 Å². The Morgan fingerprint density at radius 1 is 1.05 bits per heavy atom. The largest absolute Gasteiger partial charge is 0.462 e. The molecule has 0 aromatic carbocycles. The van der Waals surface area contributed by atoms with Crippen molar-refractivity contribution in [3.05, 3.63) is 12.2 Å². The molecule has 0 aliphatic carbocycles. The van der Waals surface area contributed by atoms with Crippen molar-refractivity contribution in [3.63, 3.8) is 0 Å². The van der Waals surface area contributed by atoms with E-state index in [4.69, 9.17) is 19.0 Å². The smallest absolute Gasteiger partial charge is 0.333 e. The molecule has 5 nitrogen and oxygen atoms in total. The fourth-order valence-electron chi connectivity index (χ4n) is 1.56. The van der Waals surface area contributed by atoms with Crippen LogP contribution in [0.4, 0.5) is 0 Å². The summed E-state index contributed by atoms with van der Waals surface area (Å²) in [4.78, 5) is 28.7. The molecular weight excluding hydrogens is 299 g/mol. The topological polar surface area (TPSA) is 76.0 Å². The molecule has 7 heteroatoms. The highest BCUT2D eigenvalue weighted by molar-refractivity contribution is 8.06. The van der Waals surface area contributed by atoms with E-state index in [1.54, 1.807) is 6.92 Å². The van der Waals surface area contributed by atoms with Crippen LogP contribution in [0.1, 0.15) is 51.9 Å². The van der Waals surface area contributed by atoms with Gasteiger partial charge in [-0.3, -0.25) is 0 Å². The van der Waals surface area contributed by atoms with E-state index in [2.05, 4.69) is 18.4 Å². The molecule has 0 fully saturated rings. The standard InChI is InChI=1S/C13H25O5PS/c1-12(2)13(14)17-10-8-6-4-3-5-7-9-11-18-19(15,16)20/h1,3-11H2,2H3,(H2,15,16,20). The maximum absolute atomic E-state index is 11.1. The van der Waals surface area contributed by atoms with E-state index in [1.807, 2.05) is 0 Å². The molecule has 0 aromatic rings. The Morgan fingerprint density at radius 2 is 1.50 bits per heavy atom. The summed E-state index contributed by atoms with van der Waals surface area (Å²) < 4.78 is 9.70. The SMILES string of the molecule is C=C(C)C(=O)OCCCCCCCCCOP(O)(O)=S. The third kappa shape index (κ3) is 14.2. The molecule has 0 saturated carbocycles. The zero-order valence-corrected chi connectivity index (χ0v) is 13.8. The van der Waals surface area contributed by atoms with Crippen LogP contribution in [0.5, 0.6) is 0 Å². The molecule has 0 aliphatic rings. The summed E-state index contributed by atoms with van der Waals surface area (Å²) >= 11 is 4.34. The first-order valence-electron chi connectivity index (χ1n) is 6.85. The highest BCUT2D eigenvalue weighted by atomic mass is 32.5. The maximum Gasteiger partial charge on any atom is 0.333 e. The predicted molar refractivity (Wildman–Crippen MR) is 82.8 cm³/mol. The molecule has 0 heterocycles. The second kappa shape index (κ2) is 11.4. The molecule has 20 heavy (non-hydrogen) atoms. The van der Waals surface area contributed by atoms with Crippen molar-refractivity contribution in [2.45, 2.75) is 51.9 Å².